The number of likely N-dealkylation sites (N-methyl/N-ethyl adjacent to an activating group) is 1. The highest BCUT2D eigenvalue weighted by Crippen LogP contribution is 2.33. The molecule has 8 heteroatoms. The zero-order valence-corrected chi connectivity index (χ0v) is 20.1. The van der Waals surface area contributed by atoms with Crippen LogP contribution in [0.25, 0.3) is 10.2 Å². The average Bonchev–Trinajstić information content (AvgIpc) is 3.19. The van der Waals surface area contributed by atoms with Gasteiger partial charge in [0.25, 0.3) is 5.91 Å². The molecule has 1 aromatic heterocycles. The largest absolute Gasteiger partial charge is 0.496 e. The van der Waals surface area contributed by atoms with E-state index < -0.39 is 0 Å². The Balaban J connectivity index is 0.00000341. The van der Waals surface area contributed by atoms with Crippen molar-refractivity contribution in [3.8, 4) is 11.5 Å². The number of anilines is 1. The van der Waals surface area contributed by atoms with E-state index in [0.717, 1.165) is 35.6 Å². The number of fused-ring (bicyclic) bond motifs is 1. The van der Waals surface area contributed by atoms with Crippen molar-refractivity contribution in [2.24, 2.45) is 0 Å². The van der Waals surface area contributed by atoms with Crippen LogP contribution in [-0.2, 0) is 0 Å². The van der Waals surface area contributed by atoms with Crippen LogP contribution in [0.1, 0.15) is 31.1 Å². The van der Waals surface area contributed by atoms with Gasteiger partial charge in [0.05, 0.1) is 29.5 Å². The van der Waals surface area contributed by atoms with Crippen molar-refractivity contribution in [1.29, 1.82) is 0 Å². The van der Waals surface area contributed by atoms with Crippen molar-refractivity contribution in [3.05, 3.63) is 48.0 Å². The first-order valence-corrected chi connectivity index (χ1v) is 11.1. The molecule has 0 aliphatic heterocycles. The van der Waals surface area contributed by atoms with Crippen LogP contribution in [0.15, 0.2) is 42.5 Å². The number of thiazole rings is 1. The molecule has 0 bridgehead atoms. The quantitative estimate of drug-likeness (QED) is 0.418. The van der Waals surface area contributed by atoms with Gasteiger partial charge in [-0.3, -0.25) is 9.69 Å². The molecule has 6 nitrogen and oxygen atoms in total. The van der Waals surface area contributed by atoms with Crippen molar-refractivity contribution >= 4 is 45.0 Å². The second kappa shape index (κ2) is 11.9. The zero-order valence-electron chi connectivity index (χ0n) is 18.5. The summed E-state index contributed by atoms with van der Waals surface area (Å²) in [4.78, 5) is 22.3. The first-order valence-electron chi connectivity index (χ1n) is 10.3. The Morgan fingerprint density at radius 2 is 1.81 bits per heavy atom. The number of ether oxygens (including phenoxy) is 2. The summed E-state index contributed by atoms with van der Waals surface area (Å²) in [6.07, 6.45) is 0. The summed E-state index contributed by atoms with van der Waals surface area (Å²) in [5.74, 6) is 1.27. The van der Waals surface area contributed by atoms with Crippen molar-refractivity contribution in [2.45, 2.75) is 20.8 Å². The lowest BCUT2D eigenvalue weighted by atomic mass is 10.1. The molecule has 1 heterocycles. The standard InChI is InChI=1S/C23H29N3O3S.ClH/c1-5-25(6-2)14-15-26(22(27)18-10-8-9-11-20(18)28-4)23-24-19-13-12-17(29-7-3)16-21(19)30-23;/h8-13,16H,5-7,14-15H2,1-4H3;1H. The SMILES string of the molecule is CCOc1ccc2nc(N(CCN(CC)CC)C(=O)c3ccccc3OC)sc2c1.Cl. The number of rotatable bonds is 10. The number of methoxy groups -OCH3 is 1. The molecule has 0 saturated carbocycles. The fraction of sp³-hybridized carbons (Fsp3) is 0.391. The van der Waals surface area contributed by atoms with Gasteiger partial charge in [0.2, 0.25) is 0 Å². The number of hydrogen-bond donors (Lipinski definition) is 0. The minimum Gasteiger partial charge on any atom is -0.496 e. The number of para-hydroxylation sites is 1. The van der Waals surface area contributed by atoms with Gasteiger partial charge in [0.1, 0.15) is 11.5 Å². The molecule has 0 aliphatic carbocycles. The Bertz CT molecular complexity index is 991. The molecular weight excluding hydrogens is 434 g/mol. The molecule has 3 rings (SSSR count). The fourth-order valence-electron chi connectivity index (χ4n) is 3.30. The highest BCUT2D eigenvalue weighted by atomic mass is 35.5. The summed E-state index contributed by atoms with van der Waals surface area (Å²) < 4.78 is 12.0. The van der Waals surface area contributed by atoms with Gasteiger partial charge >= 0.3 is 0 Å². The van der Waals surface area contributed by atoms with Crippen LogP contribution >= 0.6 is 23.7 Å². The Labute approximate surface area is 194 Å². The average molecular weight is 464 g/mol. The molecule has 31 heavy (non-hydrogen) atoms. The van der Waals surface area contributed by atoms with Gasteiger partial charge in [-0.2, -0.15) is 0 Å². The maximum atomic E-state index is 13.5. The van der Waals surface area contributed by atoms with E-state index in [9.17, 15) is 4.79 Å². The minimum atomic E-state index is -0.108. The van der Waals surface area contributed by atoms with Crippen LogP contribution in [0.4, 0.5) is 5.13 Å². The molecule has 0 atom stereocenters. The molecule has 0 aliphatic rings. The third kappa shape index (κ3) is 5.87. The fourth-order valence-corrected chi connectivity index (χ4v) is 4.32. The molecule has 0 unspecified atom stereocenters. The number of amides is 1. The van der Waals surface area contributed by atoms with Gasteiger partial charge in [-0.1, -0.05) is 37.3 Å². The van der Waals surface area contributed by atoms with Crippen LogP contribution in [0, 0.1) is 0 Å². The van der Waals surface area contributed by atoms with Crippen LogP contribution in [0.3, 0.4) is 0 Å². The van der Waals surface area contributed by atoms with E-state index in [-0.39, 0.29) is 18.3 Å². The first kappa shape index (κ1) is 24.9. The van der Waals surface area contributed by atoms with Crippen LogP contribution in [0.5, 0.6) is 11.5 Å². The second-order valence-electron chi connectivity index (χ2n) is 6.74. The predicted octanol–water partition coefficient (Wildman–Crippen LogP) is 5.11. The molecule has 168 valence electrons. The predicted molar refractivity (Wildman–Crippen MR) is 130 cm³/mol. The van der Waals surface area contributed by atoms with Gasteiger partial charge < -0.3 is 14.4 Å². The maximum Gasteiger partial charge on any atom is 0.263 e. The summed E-state index contributed by atoms with van der Waals surface area (Å²) in [5.41, 5.74) is 1.40. The number of carbonyl (C=O) groups is 1. The number of benzene rings is 2. The van der Waals surface area contributed by atoms with Crippen LogP contribution in [-0.4, -0.2) is 55.7 Å². The number of nitrogens with zero attached hydrogens (tertiary/aromatic N) is 3. The van der Waals surface area contributed by atoms with E-state index >= 15 is 0 Å². The van der Waals surface area contributed by atoms with Crippen molar-refractivity contribution in [3.63, 3.8) is 0 Å². The molecule has 1 amide bonds. The van der Waals surface area contributed by atoms with Gasteiger partial charge in [-0.15, -0.1) is 12.4 Å². The van der Waals surface area contributed by atoms with E-state index in [4.69, 9.17) is 14.5 Å². The summed E-state index contributed by atoms with van der Waals surface area (Å²) in [6.45, 7) is 10.0. The summed E-state index contributed by atoms with van der Waals surface area (Å²) >= 11 is 1.50. The van der Waals surface area contributed by atoms with Crippen LogP contribution in [0.2, 0.25) is 0 Å². The molecule has 0 spiro atoms. The Morgan fingerprint density at radius 3 is 2.48 bits per heavy atom. The Kier molecular flexibility index (Phi) is 9.55. The summed E-state index contributed by atoms with van der Waals surface area (Å²) in [5, 5.41) is 0.682. The molecule has 0 saturated heterocycles. The first-order chi connectivity index (χ1) is 14.6. The van der Waals surface area contributed by atoms with Crippen molar-refractivity contribution in [1.82, 2.24) is 9.88 Å². The molecule has 0 fully saturated rings. The third-order valence-corrected chi connectivity index (χ3v) is 6.05. The topological polar surface area (TPSA) is 54.9 Å². The summed E-state index contributed by atoms with van der Waals surface area (Å²) in [6, 6.07) is 13.2. The molecule has 0 N–H and O–H groups in total. The van der Waals surface area contributed by atoms with Gasteiger partial charge in [0, 0.05) is 13.1 Å². The van der Waals surface area contributed by atoms with Gasteiger partial charge in [-0.25, -0.2) is 4.98 Å². The third-order valence-electron chi connectivity index (χ3n) is 5.01. The van der Waals surface area contributed by atoms with Crippen molar-refractivity contribution < 1.29 is 14.3 Å². The van der Waals surface area contributed by atoms with Crippen molar-refractivity contribution in [2.75, 3.05) is 44.8 Å². The van der Waals surface area contributed by atoms with Crippen LogP contribution < -0.4 is 14.4 Å². The van der Waals surface area contributed by atoms with Gasteiger partial charge in [-0.05, 0) is 50.3 Å². The lowest BCUT2D eigenvalue weighted by Crippen LogP contribution is -2.39. The molecule has 3 aromatic rings. The zero-order chi connectivity index (χ0) is 21.5. The Hall–Kier alpha value is -2.35. The number of aromatic nitrogens is 1. The molecule has 0 radical (unpaired) electrons. The van der Waals surface area contributed by atoms with E-state index in [1.807, 2.05) is 43.3 Å². The molecular formula is C23H30ClN3O3S. The minimum absolute atomic E-state index is 0. The van der Waals surface area contributed by atoms with E-state index in [0.29, 0.717) is 29.6 Å². The number of carbonyl (C=O) groups excluding carboxylic acids is 1. The highest BCUT2D eigenvalue weighted by Gasteiger charge is 2.24. The van der Waals surface area contributed by atoms with Gasteiger partial charge in [0.15, 0.2) is 5.13 Å². The van der Waals surface area contributed by atoms with E-state index in [2.05, 4.69) is 18.7 Å². The highest BCUT2D eigenvalue weighted by molar-refractivity contribution is 7.22. The molecule has 2 aromatic carbocycles. The van der Waals surface area contributed by atoms with E-state index in [1.54, 1.807) is 18.1 Å². The smallest absolute Gasteiger partial charge is 0.263 e. The lowest BCUT2D eigenvalue weighted by molar-refractivity contribution is 0.0981. The monoisotopic (exact) mass is 463 g/mol. The maximum absolute atomic E-state index is 13.5. The normalized spacial score (nSPS) is 10.7. The van der Waals surface area contributed by atoms with E-state index in [1.165, 1.54) is 11.3 Å². The number of halogens is 1. The summed E-state index contributed by atoms with van der Waals surface area (Å²) in [7, 11) is 1.58. The lowest BCUT2D eigenvalue weighted by Gasteiger charge is -2.25. The number of hydrogen-bond acceptors (Lipinski definition) is 6. The Morgan fingerprint density at radius 1 is 1.06 bits per heavy atom. The second-order valence-corrected chi connectivity index (χ2v) is 7.75.